The minimum Gasteiger partial charge on any atom is -0.379 e. The Bertz CT molecular complexity index is 1460. The van der Waals surface area contributed by atoms with Crippen LogP contribution in [0.3, 0.4) is 0 Å². The molecule has 0 bridgehead atoms. The number of carbonyl (C=O) groups excluding carboxylic acids is 1. The van der Waals surface area contributed by atoms with E-state index in [2.05, 4.69) is 54.6 Å². The van der Waals surface area contributed by atoms with Gasteiger partial charge in [0.15, 0.2) is 0 Å². The van der Waals surface area contributed by atoms with Crippen LogP contribution >= 0.6 is 0 Å². The molecule has 202 valence electrons. The topological polar surface area (TPSA) is 86.4 Å². The number of nitrogens with one attached hydrogen (secondary N) is 2. The molecule has 1 atom stereocenters. The number of nitrogens with zero attached hydrogens (tertiary/aromatic N) is 4. The minimum absolute atomic E-state index is 0.0411. The molecule has 0 saturated carbocycles. The lowest BCUT2D eigenvalue weighted by molar-refractivity contribution is 0.0105. The van der Waals surface area contributed by atoms with E-state index in [1.807, 2.05) is 26.0 Å². The van der Waals surface area contributed by atoms with Crippen molar-refractivity contribution in [2.45, 2.75) is 25.9 Å². The van der Waals surface area contributed by atoms with Gasteiger partial charge in [0.2, 0.25) is 0 Å². The summed E-state index contributed by atoms with van der Waals surface area (Å²) < 4.78 is 19.9. The molecule has 39 heavy (non-hydrogen) atoms. The third-order valence-corrected chi connectivity index (χ3v) is 7.79. The Morgan fingerprint density at radius 3 is 2.59 bits per heavy atom. The van der Waals surface area contributed by atoms with Crippen LogP contribution < -0.4 is 10.2 Å². The fourth-order valence-electron chi connectivity index (χ4n) is 5.45. The molecule has 9 heteroatoms. The van der Waals surface area contributed by atoms with Crippen molar-refractivity contribution >= 4 is 22.5 Å². The standard InChI is InChI=1S/C30H33FN6O2/c1-19(2)27(29-25(31)4-3-11-32-29)33-30(38)21-7-10-26-24(16-21)28(35-34-26)20-5-8-22(9-6-20)37-17-23(18-37)36-12-14-39-15-13-36/h3-11,16,19,23,27H,12-15,17-18H2,1-2H3,(H,33,38)(H,34,35)/t27-/m0/s1. The molecule has 6 rings (SSSR count). The summed E-state index contributed by atoms with van der Waals surface area (Å²) >= 11 is 0. The van der Waals surface area contributed by atoms with Crippen molar-refractivity contribution in [2.75, 3.05) is 44.3 Å². The van der Waals surface area contributed by atoms with Gasteiger partial charge in [0.1, 0.15) is 5.82 Å². The smallest absolute Gasteiger partial charge is 0.251 e. The Balaban J connectivity index is 1.18. The van der Waals surface area contributed by atoms with Gasteiger partial charge in [-0.25, -0.2) is 4.39 Å². The summed E-state index contributed by atoms with van der Waals surface area (Å²) in [7, 11) is 0. The maximum absolute atomic E-state index is 14.4. The molecular weight excluding hydrogens is 495 g/mol. The first-order valence-electron chi connectivity index (χ1n) is 13.5. The lowest BCUT2D eigenvalue weighted by Gasteiger charge is -2.47. The number of amides is 1. The quantitative estimate of drug-likeness (QED) is 0.370. The van der Waals surface area contributed by atoms with Crippen molar-refractivity contribution in [3.05, 3.63) is 77.9 Å². The lowest BCUT2D eigenvalue weighted by Crippen LogP contribution is -2.61. The summed E-state index contributed by atoms with van der Waals surface area (Å²) in [6, 6.07) is 16.8. The van der Waals surface area contributed by atoms with Crippen LogP contribution in [0.2, 0.25) is 0 Å². The van der Waals surface area contributed by atoms with Crippen LogP contribution in [0, 0.1) is 11.7 Å². The highest BCUT2D eigenvalue weighted by Crippen LogP contribution is 2.31. The second kappa shape index (κ2) is 10.7. The molecule has 0 spiro atoms. The van der Waals surface area contributed by atoms with Crippen molar-refractivity contribution in [2.24, 2.45) is 5.92 Å². The van der Waals surface area contributed by atoms with Crippen LogP contribution in [0.25, 0.3) is 22.2 Å². The molecule has 2 aliphatic heterocycles. The first-order chi connectivity index (χ1) is 19.0. The van der Waals surface area contributed by atoms with E-state index < -0.39 is 11.9 Å². The van der Waals surface area contributed by atoms with Gasteiger partial charge in [-0.05, 0) is 48.4 Å². The number of fused-ring (bicyclic) bond motifs is 1. The summed E-state index contributed by atoms with van der Waals surface area (Å²) in [6.45, 7) is 9.61. The number of hydrogen-bond donors (Lipinski definition) is 2. The van der Waals surface area contributed by atoms with Crippen LogP contribution in [0.1, 0.15) is 35.9 Å². The average Bonchev–Trinajstić information content (AvgIpc) is 3.35. The second-order valence-electron chi connectivity index (χ2n) is 10.7. The molecule has 4 aromatic rings. The SMILES string of the molecule is CC(C)[C@H](NC(=O)c1ccc2[nH]nc(-c3ccc(N4CC(N5CCOCC5)C4)cc3)c2c1)c1ncccc1F. The number of pyridine rings is 1. The zero-order valence-corrected chi connectivity index (χ0v) is 22.2. The number of aromatic nitrogens is 3. The van der Waals surface area contributed by atoms with Crippen LogP contribution in [-0.2, 0) is 4.74 Å². The van der Waals surface area contributed by atoms with Crippen molar-refractivity contribution in [1.29, 1.82) is 0 Å². The largest absolute Gasteiger partial charge is 0.379 e. The van der Waals surface area contributed by atoms with Gasteiger partial charge >= 0.3 is 0 Å². The third kappa shape index (κ3) is 5.12. The summed E-state index contributed by atoms with van der Waals surface area (Å²) in [5, 5.41) is 11.5. The van der Waals surface area contributed by atoms with Crippen molar-refractivity contribution in [3.8, 4) is 11.3 Å². The van der Waals surface area contributed by atoms with Crippen LogP contribution in [0.15, 0.2) is 60.8 Å². The van der Waals surface area contributed by atoms with E-state index in [-0.39, 0.29) is 17.5 Å². The van der Waals surface area contributed by atoms with Crippen LogP contribution in [0.4, 0.5) is 10.1 Å². The number of morpholine rings is 1. The number of H-pyrrole nitrogens is 1. The van der Waals surface area contributed by atoms with E-state index >= 15 is 0 Å². The Kier molecular flexibility index (Phi) is 7.01. The summed E-state index contributed by atoms with van der Waals surface area (Å²) in [5.41, 5.74) is 4.53. The first-order valence-corrected chi connectivity index (χ1v) is 13.5. The Morgan fingerprint density at radius 1 is 1.10 bits per heavy atom. The van der Waals surface area contributed by atoms with Gasteiger partial charge < -0.3 is 15.0 Å². The van der Waals surface area contributed by atoms with Crippen LogP contribution in [0.5, 0.6) is 0 Å². The zero-order valence-electron chi connectivity index (χ0n) is 22.2. The summed E-state index contributed by atoms with van der Waals surface area (Å²) in [5.74, 6) is -0.751. The molecule has 2 N–H and O–H groups in total. The predicted molar refractivity (Wildman–Crippen MR) is 149 cm³/mol. The number of halogens is 1. The Labute approximate surface area is 227 Å². The van der Waals surface area contributed by atoms with E-state index in [9.17, 15) is 9.18 Å². The van der Waals surface area contributed by atoms with Gasteiger partial charge in [-0.1, -0.05) is 26.0 Å². The van der Waals surface area contributed by atoms with E-state index in [1.54, 1.807) is 18.3 Å². The number of ether oxygens (including phenoxy) is 1. The highest BCUT2D eigenvalue weighted by atomic mass is 19.1. The van der Waals surface area contributed by atoms with Gasteiger partial charge in [0.05, 0.1) is 36.2 Å². The Morgan fingerprint density at radius 2 is 1.87 bits per heavy atom. The van der Waals surface area contributed by atoms with E-state index in [1.165, 1.54) is 11.8 Å². The number of anilines is 1. The molecule has 2 aromatic carbocycles. The minimum atomic E-state index is -0.546. The van der Waals surface area contributed by atoms with Gasteiger partial charge in [-0.15, -0.1) is 0 Å². The monoisotopic (exact) mass is 528 g/mol. The van der Waals surface area contributed by atoms with E-state index in [0.717, 1.165) is 61.6 Å². The molecule has 1 amide bonds. The van der Waals surface area contributed by atoms with E-state index in [4.69, 9.17) is 4.74 Å². The molecular formula is C30H33FN6O2. The third-order valence-electron chi connectivity index (χ3n) is 7.79. The molecule has 2 fully saturated rings. The lowest BCUT2D eigenvalue weighted by atomic mass is 9.99. The molecule has 2 saturated heterocycles. The fourth-order valence-corrected chi connectivity index (χ4v) is 5.45. The second-order valence-corrected chi connectivity index (χ2v) is 10.7. The average molecular weight is 529 g/mol. The highest BCUT2D eigenvalue weighted by Gasteiger charge is 2.32. The number of carbonyl (C=O) groups is 1. The number of rotatable bonds is 7. The van der Waals surface area contributed by atoms with Crippen LogP contribution in [-0.4, -0.2) is 71.4 Å². The van der Waals surface area contributed by atoms with Crippen molar-refractivity contribution in [3.63, 3.8) is 0 Å². The number of hydrogen-bond acceptors (Lipinski definition) is 6. The normalized spacial score (nSPS) is 17.4. The van der Waals surface area contributed by atoms with Gasteiger partial charge in [0.25, 0.3) is 5.91 Å². The zero-order chi connectivity index (χ0) is 26.9. The van der Waals surface area contributed by atoms with Gasteiger partial charge in [-0.3, -0.25) is 19.8 Å². The summed E-state index contributed by atoms with van der Waals surface area (Å²) in [4.78, 5) is 22.3. The van der Waals surface area contributed by atoms with Gasteiger partial charge in [-0.2, -0.15) is 5.10 Å². The molecule has 4 heterocycles. The fraction of sp³-hybridized carbons (Fsp3) is 0.367. The van der Waals surface area contributed by atoms with Gasteiger partial charge in [0, 0.05) is 60.6 Å². The van der Waals surface area contributed by atoms with E-state index in [0.29, 0.717) is 11.6 Å². The first kappa shape index (κ1) is 25.5. The molecule has 0 radical (unpaired) electrons. The van der Waals surface area contributed by atoms with Crippen molar-refractivity contribution in [1.82, 2.24) is 25.4 Å². The highest BCUT2D eigenvalue weighted by molar-refractivity contribution is 6.01. The predicted octanol–water partition coefficient (Wildman–Crippen LogP) is 4.41. The number of aromatic amines is 1. The molecule has 2 aliphatic rings. The Hall–Kier alpha value is -3.82. The molecule has 0 unspecified atom stereocenters. The molecule has 2 aromatic heterocycles. The summed E-state index contributed by atoms with van der Waals surface area (Å²) in [6.07, 6.45) is 1.54. The molecule has 8 nitrogen and oxygen atoms in total. The maximum Gasteiger partial charge on any atom is 0.251 e. The maximum atomic E-state index is 14.4. The molecule has 0 aliphatic carbocycles. The number of benzene rings is 2. The van der Waals surface area contributed by atoms with Crippen molar-refractivity contribution < 1.29 is 13.9 Å².